The van der Waals surface area contributed by atoms with Crippen molar-refractivity contribution in [3.05, 3.63) is 53.6 Å². The Kier molecular flexibility index (Phi) is 6.17. The molecule has 0 aliphatic heterocycles. The maximum Gasteiger partial charge on any atom is 0.251 e. The lowest BCUT2D eigenvalue weighted by atomic mass is 10.0. The summed E-state index contributed by atoms with van der Waals surface area (Å²) < 4.78 is 0. The summed E-state index contributed by atoms with van der Waals surface area (Å²) in [5.41, 5.74) is 8.36. The first-order valence-electron chi connectivity index (χ1n) is 8.42. The number of benzene rings is 2. The first kappa shape index (κ1) is 18.5. The number of hydrogen-bond acceptors (Lipinski definition) is 3. The molecule has 0 heterocycles. The summed E-state index contributed by atoms with van der Waals surface area (Å²) >= 11 is 0. The highest BCUT2D eigenvalue weighted by Crippen LogP contribution is 2.30. The maximum atomic E-state index is 12.3. The molecule has 132 valence electrons. The summed E-state index contributed by atoms with van der Waals surface area (Å²) in [5, 5.41) is 12.7. The van der Waals surface area contributed by atoms with E-state index >= 15 is 0 Å². The van der Waals surface area contributed by atoms with Crippen LogP contribution in [0.1, 0.15) is 42.1 Å². The smallest absolute Gasteiger partial charge is 0.251 e. The van der Waals surface area contributed by atoms with E-state index in [2.05, 4.69) is 5.32 Å². The van der Waals surface area contributed by atoms with Crippen molar-refractivity contribution in [1.29, 1.82) is 0 Å². The van der Waals surface area contributed by atoms with Gasteiger partial charge in [-0.25, -0.2) is 0 Å². The van der Waals surface area contributed by atoms with Crippen molar-refractivity contribution in [2.24, 2.45) is 5.73 Å². The van der Waals surface area contributed by atoms with Crippen LogP contribution in [0.15, 0.2) is 42.5 Å². The molecular formula is C20H24N2O3. The fourth-order valence-corrected chi connectivity index (χ4v) is 2.62. The standard InChI is InChI=1S/C20H24N2O3/c1-3-4-5-17(19(21)24)22-20(25)15-9-7-14(8-10-15)16-12-13(2)6-11-18(16)23/h6-12,17,23H,3-5H2,1-2H3,(H2,21,24)(H,22,25). The number of amides is 2. The van der Waals surface area contributed by atoms with Crippen molar-refractivity contribution in [3.8, 4) is 16.9 Å². The fraction of sp³-hybridized carbons (Fsp3) is 0.300. The van der Waals surface area contributed by atoms with Gasteiger partial charge in [0.15, 0.2) is 0 Å². The number of aryl methyl sites for hydroxylation is 1. The van der Waals surface area contributed by atoms with E-state index in [1.165, 1.54) is 0 Å². The van der Waals surface area contributed by atoms with Crippen molar-refractivity contribution in [1.82, 2.24) is 5.32 Å². The van der Waals surface area contributed by atoms with E-state index in [4.69, 9.17) is 5.73 Å². The molecule has 2 aromatic carbocycles. The van der Waals surface area contributed by atoms with Gasteiger partial charge in [-0.05, 0) is 43.2 Å². The number of aromatic hydroxyl groups is 1. The van der Waals surface area contributed by atoms with E-state index < -0.39 is 11.9 Å². The molecule has 0 bridgehead atoms. The van der Waals surface area contributed by atoms with Crippen molar-refractivity contribution >= 4 is 11.8 Å². The molecular weight excluding hydrogens is 316 g/mol. The monoisotopic (exact) mass is 340 g/mol. The van der Waals surface area contributed by atoms with Gasteiger partial charge < -0.3 is 16.2 Å². The SMILES string of the molecule is CCCCC(NC(=O)c1ccc(-c2cc(C)ccc2O)cc1)C(N)=O. The van der Waals surface area contributed by atoms with Crippen LogP contribution in [0.5, 0.6) is 5.75 Å². The molecule has 1 unspecified atom stereocenters. The zero-order valence-corrected chi connectivity index (χ0v) is 14.6. The van der Waals surface area contributed by atoms with Crippen LogP contribution in [0.25, 0.3) is 11.1 Å². The number of nitrogens with one attached hydrogen (secondary N) is 1. The number of phenols is 1. The molecule has 0 aliphatic carbocycles. The van der Waals surface area contributed by atoms with Crippen LogP contribution in [0.2, 0.25) is 0 Å². The first-order chi connectivity index (χ1) is 11.9. The predicted molar refractivity (Wildman–Crippen MR) is 98.3 cm³/mol. The maximum absolute atomic E-state index is 12.3. The third kappa shape index (κ3) is 4.83. The summed E-state index contributed by atoms with van der Waals surface area (Å²) in [6.45, 7) is 3.96. The van der Waals surface area contributed by atoms with Crippen LogP contribution in [0.3, 0.4) is 0 Å². The molecule has 2 aromatic rings. The molecule has 0 saturated carbocycles. The molecule has 2 amide bonds. The van der Waals surface area contributed by atoms with Crippen molar-refractivity contribution in [3.63, 3.8) is 0 Å². The fourth-order valence-electron chi connectivity index (χ4n) is 2.62. The van der Waals surface area contributed by atoms with Gasteiger partial charge >= 0.3 is 0 Å². The molecule has 0 radical (unpaired) electrons. The predicted octanol–water partition coefficient (Wildman–Crippen LogP) is 3.14. The van der Waals surface area contributed by atoms with Crippen LogP contribution in [0, 0.1) is 6.92 Å². The molecule has 0 aliphatic rings. The van der Waals surface area contributed by atoms with Gasteiger partial charge in [0.05, 0.1) is 0 Å². The van der Waals surface area contributed by atoms with Gasteiger partial charge in [-0.15, -0.1) is 0 Å². The Morgan fingerprint density at radius 3 is 2.44 bits per heavy atom. The number of carbonyl (C=O) groups excluding carboxylic acids is 2. The number of rotatable bonds is 7. The molecule has 5 heteroatoms. The number of unbranched alkanes of at least 4 members (excludes halogenated alkanes) is 1. The highest BCUT2D eigenvalue weighted by Gasteiger charge is 2.18. The minimum Gasteiger partial charge on any atom is -0.507 e. The lowest BCUT2D eigenvalue weighted by Crippen LogP contribution is -2.44. The average Bonchev–Trinajstić information content (AvgIpc) is 2.60. The highest BCUT2D eigenvalue weighted by molar-refractivity contribution is 5.97. The number of hydrogen-bond donors (Lipinski definition) is 3. The van der Waals surface area contributed by atoms with E-state index in [1.54, 1.807) is 30.3 Å². The van der Waals surface area contributed by atoms with Crippen molar-refractivity contribution < 1.29 is 14.7 Å². The Labute approximate surface area is 147 Å². The van der Waals surface area contributed by atoms with Crippen LogP contribution >= 0.6 is 0 Å². The van der Waals surface area contributed by atoms with Crippen LogP contribution < -0.4 is 11.1 Å². The summed E-state index contributed by atoms with van der Waals surface area (Å²) in [6.07, 6.45) is 2.28. The Hall–Kier alpha value is -2.82. The Balaban J connectivity index is 2.14. The Morgan fingerprint density at radius 2 is 1.84 bits per heavy atom. The third-order valence-electron chi connectivity index (χ3n) is 4.11. The van der Waals surface area contributed by atoms with Crippen molar-refractivity contribution in [2.75, 3.05) is 0 Å². The topological polar surface area (TPSA) is 92.4 Å². The Morgan fingerprint density at radius 1 is 1.16 bits per heavy atom. The first-order valence-corrected chi connectivity index (χ1v) is 8.42. The van der Waals surface area contributed by atoms with Crippen LogP contribution in [0.4, 0.5) is 0 Å². The summed E-state index contributed by atoms with van der Waals surface area (Å²) in [5.74, 6) is -0.667. The average molecular weight is 340 g/mol. The minimum absolute atomic E-state index is 0.191. The molecule has 4 N–H and O–H groups in total. The van der Waals surface area contributed by atoms with E-state index in [-0.39, 0.29) is 11.7 Å². The van der Waals surface area contributed by atoms with Crippen molar-refractivity contribution in [2.45, 2.75) is 39.2 Å². The summed E-state index contributed by atoms with van der Waals surface area (Å²) in [6, 6.07) is 11.6. The lowest BCUT2D eigenvalue weighted by molar-refractivity contribution is -0.120. The second kappa shape index (κ2) is 8.33. The summed E-state index contributed by atoms with van der Waals surface area (Å²) in [7, 11) is 0. The van der Waals surface area contributed by atoms with Gasteiger partial charge in [0.25, 0.3) is 5.91 Å². The van der Waals surface area contributed by atoms with E-state index in [0.717, 1.165) is 24.0 Å². The van der Waals surface area contributed by atoms with E-state index in [1.807, 2.05) is 26.0 Å². The molecule has 5 nitrogen and oxygen atoms in total. The highest BCUT2D eigenvalue weighted by atomic mass is 16.3. The molecule has 2 rings (SSSR count). The van der Waals surface area contributed by atoms with Crippen LogP contribution in [-0.2, 0) is 4.79 Å². The molecule has 0 saturated heterocycles. The number of primary amides is 1. The molecule has 0 spiro atoms. The summed E-state index contributed by atoms with van der Waals surface area (Å²) in [4.78, 5) is 23.8. The normalized spacial score (nSPS) is 11.8. The van der Waals surface area contributed by atoms with E-state index in [0.29, 0.717) is 17.5 Å². The third-order valence-corrected chi connectivity index (χ3v) is 4.11. The molecule has 25 heavy (non-hydrogen) atoms. The van der Waals surface area contributed by atoms with Crippen LogP contribution in [-0.4, -0.2) is 23.0 Å². The lowest BCUT2D eigenvalue weighted by Gasteiger charge is -2.15. The number of carbonyl (C=O) groups is 2. The van der Waals surface area contributed by atoms with E-state index in [9.17, 15) is 14.7 Å². The molecule has 0 aromatic heterocycles. The quantitative estimate of drug-likeness (QED) is 0.723. The second-order valence-electron chi connectivity index (χ2n) is 6.17. The number of nitrogens with two attached hydrogens (primary N) is 1. The van der Waals surface area contributed by atoms with Gasteiger partial charge in [-0.3, -0.25) is 9.59 Å². The largest absolute Gasteiger partial charge is 0.507 e. The zero-order chi connectivity index (χ0) is 18.4. The zero-order valence-electron chi connectivity index (χ0n) is 14.6. The van der Waals surface area contributed by atoms with Gasteiger partial charge in [0.1, 0.15) is 11.8 Å². The Bertz CT molecular complexity index is 754. The van der Waals surface area contributed by atoms with Gasteiger partial charge in [0, 0.05) is 11.1 Å². The number of phenolic OH excluding ortho intramolecular Hbond substituents is 1. The van der Waals surface area contributed by atoms with Gasteiger partial charge in [-0.1, -0.05) is 43.5 Å². The second-order valence-corrected chi connectivity index (χ2v) is 6.17. The minimum atomic E-state index is -0.659. The molecule has 0 fully saturated rings. The van der Waals surface area contributed by atoms with Gasteiger partial charge in [-0.2, -0.15) is 0 Å². The molecule has 1 atom stereocenters. The van der Waals surface area contributed by atoms with Gasteiger partial charge in [0.2, 0.25) is 5.91 Å².